The predicted octanol–water partition coefficient (Wildman–Crippen LogP) is 2.22. The van der Waals surface area contributed by atoms with E-state index in [0.717, 1.165) is 44.9 Å². The normalized spacial score (nSPS) is 16.5. The topological polar surface area (TPSA) is 118 Å². The van der Waals surface area contributed by atoms with Gasteiger partial charge in [-0.15, -0.1) is 0 Å². The molecule has 0 saturated carbocycles. The van der Waals surface area contributed by atoms with E-state index in [9.17, 15) is 25.2 Å². The van der Waals surface area contributed by atoms with Gasteiger partial charge >= 0.3 is 5.97 Å². The van der Waals surface area contributed by atoms with Crippen molar-refractivity contribution in [3.8, 4) is 0 Å². The van der Waals surface area contributed by atoms with E-state index in [0.29, 0.717) is 25.7 Å². The van der Waals surface area contributed by atoms with Crippen LogP contribution >= 0.6 is 0 Å². The van der Waals surface area contributed by atoms with Crippen LogP contribution < -0.4 is 0 Å². The summed E-state index contributed by atoms with van der Waals surface area (Å²) in [5.41, 5.74) is 0. The van der Waals surface area contributed by atoms with E-state index in [-0.39, 0.29) is 6.42 Å². The average Bonchev–Trinajstić information content (AvgIpc) is 2.55. The Morgan fingerprint density at radius 2 is 1.12 bits per heavy atom. The molecule has 24 heavy (non-hydrogen) atoms. The van der Waals surface area contributed by atoms with Crippen LogP contribution in [-0.4, -0.2) is 55.9 Å². The Kier molecular flexibility index (Phi) is 14.2. The lowest BCUT2D eigenvalue weighted by Gasteiger charge is -2.26. The molecular weight excluding hydrogens is 312 g/mol. The molecule has 0 radical (unpaired) electrons. The number of aliphatic carboxylic acids is 1. The van der Waals surface area contributed by atoms with E-state index in [1.54, 1.807) is 0 Å². The van der Waals surface area contributed by atoms with Crippen LogP contribution in [0, 0.1) is 0 Å². The Morgan fingerprint density at radius 1 is 0.708 bits per heavy atom. The fourth-order valence-electron chi connectivity index (χ4n) is 2.74. The highest BCUT2D eigenvalue weighted by Crippen LogP contribution is 2.16. The highest BCUT2D eigenvalue weighted by molar-refractivity contribution is 5.66. The summed E-state index contributed by atoms with van der Waals surface area (Å²) in [4.78, 5) is 10.4. The second-order valence-electron chi connectivity index (χ2n) is 6.67. The molecule has 0 aromatic carbocycles. The zero-order valence-corrected chi connectivity index (χ0v) is 14.9. The van der Waals surface area contributed by atoms with Crippen molar-refractivity contribution in [1.82, 2.24) is 0 Å². The van der Waals surface area contributed by atoms with Crippen LogP contribution in [0.1, 0.15) is 84.0 Å². The third kappa shape index (κ3) is 11.8. The number of rotatable bonds is 16. The average molecular weight is 348 g/mol. The molecule has 0 saturated heterocycles. The minimum atomic E-state index is -1.34. The molecule has 0 heterocycles. The summed E-state index contributed by atoms with van der Waals surface area (Å²) in [6, 6.07) is 0. The number of aliphatic hydroxyl groups is 4. The lowest BCUT2D eigenvalue weighted by atomic mass is 9.95. The van der Waals surface area contributed by atoms with Gasteiger partial charge in [0, 0.05) is 6.42 Å². The second kappa shape index (κ2) is 14.6. The number of unbranched alkanes of at least 4 members (excludes halogenated alkanes) is 7. The van der Waals surface area contributed by atoms with Gasteiger partial charge in [0.2, 0.25) is 0 Å². The molecule has 4 atom stereocenters. The van der Waals surface area contributed by atoms with Gasteiger partial charge in [-0.3, -0.25) is 4.79 Å². The molecule has 0 aromatic heterocycles. The van der Waals surface area contributed by atoms with Crippen molar-refractivity contribution in [3.63, 3.8) is 0 Å². The van der Waals surface area contributed by atoms with Crippen molar-refractivity contribution < 1.29 is 30.3 Å². The SMILES string of the molecule is CCCCCCC(O)C(O)C(O)C(O)CCCCCCCC(=O)O. The molecular formula is C18H36O6. The minimum absolute atomic E-state index is 0.184. The third-order valence-electron chi connectivity index (χ3n) is 4.38. The lowest BCUT2D eigenvalue weighted by molar-refractivity contribution is -0.137. The molecule has 144 valence electrons. The van der Waals surface area contributed by atoms with E-state index in [2.05, 4.69) is 6.92 Å². The van der Waals surface area contributed by atoms with Crippen LogP contribution in [0.5, 0.6) is 0 Å². The summed E-state index contributed by atoms with van der Waals surface area (Å²) < 4.78 is 0. The molecule has 0 aliphatic carbocycles. The zero-order valence-electron chi connectivity index (χ0n) is 14.9. The monoisotopic (exact) mass is 348 g/mol. The van der Waals surface area contributed by atoms with Crippen LogP contribution in [0.4, 0.5) is 0 Å². The summed E-state index contributed by atoms with van der Waals surface area (Å²) in [5, 5.41) is 48.2. The fraction of sp³-hybridized carbons (Fsp3) is 0.944. The summed E-state index contributed by atoms with van der Waals surface area (Å²) >= 11 is 0. The Hall–Kier alpha value is -0.690. The number of hydrogen-bond acceptors (Lipinski definition) is 5. The molecule has 0 amide bonds. The molecule has 4 unspecified atom stereocenters. The molecule has 0 spiro atoms. The first-order valence-electron chi connectivity index (χ1n) is 9.34. The Bertz CT molecular complexity index is 310. The first-order chi connectivity index (χ1) is 11.4. The second-order valence-corrected chi connectivity index (χ2v) is 6.67. The number of aliphatic hydroxyl groups excluding tert-OH is 4. The van der Waals surface area contributed by atoms with E-state index in [1.165, 1.54) is 0 Å². The summed E-state index contributed by atoms with van der Waals surface area (Å²) in [6.45, 7) is 2.09. The molecule has 6 heteroatoms. The molecule has 0 rings (SSSR count). The molecule has 0 bridgehead atoms. The molecule has 0 aliphatic heterocycles. The third-order valence-corrected chi connectivity index (χ3v) is 4.38. The minimum Gasteiger partial charge on any atom is -0.481 e. The maximum atomic E-state index is 10.4. The van der Waals surface area contributed by atoms with E-state index >= 15 is 0 Å². The maximum absolute atomic E-state index is 10.4. The molecule has 0 aliphatic rings. The fourth-order valence-corrected chi connectivity index (χ4v) is 2.74. The van der Waals surface area contributed by atoms with Crippen molar-refractivity contribution in [1.29, 1.82) is 0 Å². The Labute approximate surface area is 145 Å². The van der Waals surface area contributed by atoms with E-state index in [4.69, 9.17) is 5.11 Å². The van der Waals surface area contributed by atoms with Crippen LogP contribution in [-0.2, 0) is 4.79 Å². The number of carboxylic acid groups (broad SMARTS) is 1. The van der Waals surface area contributed by atoms with Gasteiger partial charge in [-0.1, -0.05) is 58.3 Å². The van der Waals surface area contributed by atoms with Gasteiger partial charge in [0.1, 0.15) is 12.2 Å². The van der Waals surface area contributed by atoms with Crippen molar-refractivity contribution in [2.24, 2.45) is 0 Å². The first-order valence-corrected chi connectivity index (χ1v) is 9.34. The molecule has 6 nitrogen and oxygen atoms in total. The summed E-state index contributed by atoms with van der Waals surface area (Å²) in [6.07, 6.45) is 4.14. The molecule has 0 aromatic rings. The number of carboxylic acids is 1. The lowest BCUT2D eigenvalue weighted by Crippen LogP contribution is -2.44. The number of hydrogen-bond donors (Lipinski definition) is 5. The van der Waals surface area contributed by atoms with Gasteiger partial charge in [-0.2, -0.15) is 0 Å². The van der Waals surface area contributed by atoms with E-state index in [1.807, 2.05) is 0 Å². The van der Waals surface area contributed by atoms with E-state index < -0.39 is 30.4 Å². The highest BCUT2D eigenvalue weighted by atomic mass is 16.4. The first kappa shape index (κ1) is 23.3. The summed E-state index contributed by atoms with van der Waals surface area (Å²) in [7, 11) is 0. The highest BCUT2D eigenvalue weighted by Gasteiger charge is 2.29. The van der Waals surface area contributed by atoms with Gasteiger partial charge in [-0.25, -0.2) is 0 Å². The van der Waals surface area contributed by atoms with Crippen molar-refractivity contribution in [2.75, 3.05) is 0 Å². The van der Waals surface area contributed by atoms with Crippen LogP contribution in [0.2, 0.25) is 0 Å². The van der Waals surface area contributed by atoms with Gasteiger partial charge in [0.25, 0.3) is 0 Å². The number of carbonyl (C=O) groups is 1. The predicted molar refractivity (Wildman–Crippen MR) is 92.7 cm³/mol. The molecule has 5 N–H and O–H groups in total. The van der Waals surface area contributed by atoms with Crippen molar-refractivity contribution in [2.45, 2.75) is 108 Å². The Balaban J connectivity index is 3.79. The quantitative estimate of drug-likeness (QED) is 0.273. The van der Waals surface area contributed by atoms with Crippen LogP contribution in [0.25, 0.3) is 0 Å². The van der Waals surface area contributed by atoms with Crippen LogP contribution in [0.3, 0.4) is 0 Å². The van der Waals surface area contributed by atoms with Gasteiger partial charge in [0.15, 0.2) is 0 Å². The zero-order chi connectivity index (χ0) is 18.4. The maximum Gasteiger partial charge on any atom is 0.303 e. The van der Waals surface area contributed by atoms with Gasteiger partial charge < -0.3 is 25.5 Å². The summed E-state index contributed by atoms with van der Waals surface area (Å²) in [5.74, 6) is -0.782. The van der Waals surface area contributed by atoms with Crippen LogP contribution in [0.15, 0.2) is 0 Å². The standard InChI is InChI=1S/C18H36O6/c1-2-3-4-8-11-14(19)17(23)18(24)15(20)12-9-6-5-7-10-13-16(21)22/h14-15,17-20,23-24H,2-13H2,1H3,(H,21,22). The smallest absolute Gasteiger partial charge is 0.303 e. The Morgan fingerprint density at radius 3 is 1.58 bits per heavy atom. The van der Waals surface area contributed by atoms with Crippen molar-refractivity contribution in [3.05, 3.63) is 0 Å². The van der Waals surface area contributed by atoms with Gasteiger partial charge in [-0.05, 0) is 19.3 Å². The largest absolute Gasteiger partial charge is 0.481 e. The van der Waals surface area contributed by atoms with Gasteiger partial charge in [0.05, 0.1) is 12.2 Å². The van der Waals surface area contributed by atoms with Crippen molar-refractivity contribution >= 4 is 5.97 Å². The molecule has 0 fully saturated rings.